The zero-order chi connectivity index (χ0) is 17.3. The van der Waals surface area contributed by atoms with Gasteiger partial charge in [-0.05, 0) is 5.56 Å². The van der Waals surface area contributed by atoms with E-state index in [9.17, 15) is 8.42 Å². The van der Waals surface area contributed by atoms with Crippen molar-refractivity contribution in [3.8, 4) is 0 Å². The monoisotopic (exact) mass is 359 g/mol. The molecule has 0 bridgehead atoms. The van der Waals surface area contributed by atoms with E-state index >= 15 is 0 Å². The van der Waals surface area contributed by atoms with Crippen LogP contribution in [0.5, 0.6) is 0 Å². The molecule has 0 aliphatic carbocycles. The number of hydrogen-bond donors (Lipinski definition) is 0. The van der Waals surface area contributed by atoms with Crippen LogP contribution in [0.25, 0.3) is 0 Å². The third kappa shape index (κ3) is 3.65. The zero-order valence-corrected chi connectivity index (χ0v) is 14.7. The Hall–Kier alpha value is -2.03. The molecule has 8 heteroatoms. The highest BCUT2D eigenvalue weighted by atomic mass is 32.2. The van der Waals surface area contributed by atoms with Crippen molar-refractivity contribution < 1.29 is 8.42 Å². The maximum absolute atomic E-state index is 12.5. The third-order valence-electron chi connectivity index (χ3n) is 4.69. The lowest BCUT2D eigenvalue weighted by Crippen LogP contribution is -2.37. The lowest BCUT2D eigenvalue weighted by Gasteiger charge is -2.21. The van der Waals surface area contributed by atoms with Crippen LogP contribution < -0.4 is 0 Å². The average molecular weight is 359 g/mol. The van der Waals surface area contributed by atoms with Gasteiger partial charge >= 0.3 is 0 Å². The summed E-state index contributed by atoms with van der Waals surface area (Å²) in [6, 6.07) is 10.1. The van der Waals surface area contributed by atoms with Gasteiger partial charge in [0.05, 0.1) is 30.7 Å². The second kappa shape index (κ2) is 6.70. The van der Waals surface area contributed by atoms with Crippen LogP contribution in [0.2, 0.25) is 0 Å². The summed E-state index contributed by atoms with van der Waals surface area (Å²) in [5, 5.41) is 8.27. The molecule has 2 aliphatic rings. The summed E-state index contributed by atoms with van der Waals surface area (Å²) in [7, 11) is -3.23. The molecule has 1 fully saturated rings. The summed E-state index contributed by atoms with van der Waals surface area (Å²) in [4.78, 5) is 2.20. The largest absolute Gasteiger partial charge is 0.291 e. The summed E-state index contributed by atoms with van der Waals surface area (Å²) in [5.41, 5.74) is 1.81. The number of sulfonamides is 1. The lowest BCUT2D eigenvalue weighted by atomic mass is 10.2. The number of benzene rings is 1. The molecule has 0 N–H and O–H groups in total. The van der Waals surface area contributed by atoms with Gasteiger partial charge in [0.25, 0.3) is 0 Å². The molecular weight excluding hydrogens is 338 g/mol. The molecule has 0 saturated carbocycles. The molecule has 1 unspecified atom stereocenters. The predicted molar refractivity (Wildman–Crippen MR) is 94.3 cm³/mol. The van der Waals surface area contributed by atoms with Gasteiger partial charge in [0, 0.05) is 25.7 Å². The fraction of sp³-hybridized carbons (Fsp3) is 0.412. The number of aromatic nitrogens is 3. The molecule has 0 radical (unpaired) electrons. The van der Waals surface area contributed by atoms with Crippen molar-refractivity contribution in [2.75, 3.05) is 25.4 Å². The Kier molecular flexibility index (Phi) is 4.41. The van der Waals surface area contributed by atoms with Crippen LogP contribution >= 0.6 is 0 Å². The molecule has 1 atom stereocenters. The molecule has 1 aromatic carbocycles. The van der Waals surface area contributed by atoms with Crippen molar-refractivity contribution in [3.63, 3.8) is 0 Å². The number of rotatable bonds is 5. The van der Waals surface area contributed by atoms with Crippen LogP contribution in [0.4, 0.5) is 0 Å². The van der Waals surface area contributed by atoms with Crippen LogP contribution in [-0.4, -0.2) is 64.0 Å². The van der Waals surface area contributed by atoms with Crippen molar-refractivity contribution >= 4 is 10.0 Å². The molecule has 7 nitrogen and oxygen atoms in total. The average Bonchev–Trinajstić information content (AvgIpc) is 3.30. The topological polar surface area (TPSA) is 71.3 Å². The summed E-state index contributed by atoms with van der Waals surface area (Å²) >= 11 is 0. The molecule has 1 saturated heterocycles. The van der Waals surface area contributed by atoms with E-state index in [1.807, 2.05) is 36.5 Å². The van der Waals surface area contributed by atoms with Crippen LogP contribution in [0.15, 0.2) is 48.7 Å². The highest BCUT2D eigenvalue weighted by molar-refractivity contribution is 7.89. The quantitative estimate of drug-likeness (QED) is 0.736. The highest BCUT2D eigenvalue weighted by Crippen LogP contribution is 2.22. The summed E-state index contributed by atoms with van der Waals surface area (Å²) in [5.74, 6) is 0.187. The fourth-order valence-electron chi connectivity index (χ4n) is 3.37. The van der Waals surface area contributed by atoms with Gasteiger partial charge in [-0.3, -0.25) is 4.90 Å². The summed E-state index contributed by atoms with van der Waals surface area (Å²) in [6.45, 7) is 3.11. The van der Waals surface area contributed by atoms with Gasteiger partial charge in [0.2, 0.25) is 10.0 Å². The molecule has 4 rings (SSSR count). The van der Waals surface area contributed by atoms with E-state index in [2.05, 4.69) is 27.4 Å². The Balaban J connectivity index is 1.41. The molecule has 0 spiro atoms. The fourth-order valence-corrected chi connectivity index (χ4v) is 5.11. The van der Waals surface area contributed by atoms with Crippen molar-refractivity contribution in [2.45, 2.75) is 19.1 Å². The lowest BCUT2D eigenvalue weighted by molar-refractivity contribution is 0.250. The third-order valence-corrected chi connectivity index (χ3v) is 6.56. The second-order valence-electron chi connectivity index (χ2n) is 6.54. The van der Waals surface area contributed by atoms with E-state index < -0.39 is 10.0 Å². The Morgan fingerprint density at radius 1 is 1.08 bits per heavy atom. The van der Waals surface area contributed by atoms with E-state index in [1.54, 1.807) is 4.68 Å². The molecular formula is C17H21N5O2S. The molecule has 3 heterocycles. The maximum Gasteiger partial charge on any atom is 0.216 e. The van der Waals surface area contributed by atoms with Crippen LogP contribution in [0.3, 0.4) is 0 Å². The summed E-state index contributed by atoms with van der Waals surface area (Å²) < 4.78 is 28.2. The normalized spacial score (nSPS) is 23.4. The highest BCUT2D eigenvalue weighted by Gasteiger charge is 2.39. The van der Waals surface area contributed by atoms with Gasteiger partial charge in [-0.15, -0.1) is 5.10 Å². The Morgan fingerprint density at radius 2 is 1.84 bits per heavy atom. The predicted octanol–water partition coefficient (Wildman–Crippen LogP) is 0.712. The number of hydrogen-bond acceptors (Lipinski definition) is 5. The first-order valence-corrected chi connectivity index (χ1v) is 10.0. The SMILES string of the molecule is O=S1(=O)CC(N2CC=CC2)CN1Cc1cn(Cc2ccccc2)nn1. The molecule has 132 valence electrons. The molecule has 2 aromatic rings. The van der Waals surface area contributed by atoms with Crippen LogP contribution in [0, 0.1) is 0 Å². The number of nitrogens with zero attached hydrogens (tertiary/aromatic N) is 5. The van der Waals surface area contributed by atoms with Gasteiger partial charge in [-0.2, -0.15) is 4.31 Å². The Bertz CT molecular complexity index is 854. The van der Waals surface area contributed by atoms with E-state index in [4.69, 9.17) is 0 Å². The van der Waals surface area contributed by atoms with Gasteiger partial charge < -0.3 is 0 Å². The van der Waals surface area contributed by atoms with E-state index in [0.29, 0.717) is 18.8 Å². The van der Waals surface area contributed by atoms with E-state index in [0.717, 1.165) is 18.7 Å². The molecule has 25 heavy (non-hydrogen) atoms. The van der Waals surface area contributed by atoms with Crippen LogP contribution in [-0.2, 0) is 23.1 Å². The first kappa shape index (κ1) is 16.4. The van der Waals surface area contributed by atoms with Gasteiger partial charge in [-0.25, -0.2) is 13.1 Å². The van der Waals surface area contributed by atoms with Crippen molar-refractivity contribution in [3.05, 3.63) is 59.9 Å². The minimum atomic E-state index is -3.23. The summed E-state index contributed by atoms with van der Waals surface area (Å²) in [6.07, 6.45) is 6.00. The molecule has 1 aromatic heterocycles. The van der Waals surface area contributed by atoms with E-state index in [-0.39, 0.29) is 18.3 Å². The van der Waals surface area contributed by atoms with Gasteiger partial charge in [-0.1, -0.05) is 47.7 Å². The smallest absolute Gasteiger partial charge is 0.216 e. The van der Waals surface area contributed by atoms with Crippen molar-refractivity contribution in [1.82, 2.24) is 24.2 Å². The van der Waals surface area contributed by atoms with Crippen molar-refractivity contribution in [1.29, 1.82) is 0 Å². The van der Waals surface area contributed by atoms with E-state index in [1.165, 1.54) is 4.31 Å². The first-order chi connectivity index (χ1) is 12.1. The van der Waals surface area contributed by atoms with Crippen molar-refractivity contribution in [2.24, 2.45) is 0 Å². The minimum Gasteiger partial charge on any atom is -0.291 e. The Labute approximate surface area is 147 Å². The molecule has 2 aliphatic heterocycles. The zero-order valence-electron chi connectivity index (χ0n) is 13.9. The van der Waals surface area contributed by atoms with Gasteiger partial charge in [0.1, 0.15) is 0 Å². The second-order valence-corrected chi connectivity index (χ2v) is 8.56. The standard InChI is InChI=1S/C17H21N5O2S/c23-25(24)14-17(20-8-4-5-9-20)13-22(25)12-16-11-21(19-18-16)10-15-6-2-1-3-7-15/h1-7,11,17H,8-10,12-14H2. The maximum atomic E-state index is 12.5. The minimum absolute atomic E-state index is 0.0550. The Morgan fingerprint density at radius 3 is 2.60 bits per heavy atom. The van der Waals surface area contributed by atoms with Gasteiger partial charge in [0.15, 0.2) is 0 Å². The molecule has 0 amide bonds. The van der Waals surface area contributed by atoms with Crippen LogP contribution in [0.1, 0.15) is 11.3 Å². The first-order valence-electron chi connectivity index (χ1n) is 8.40.